The molecule has 0 aliphatic heterocycles. The number of benzene rings is 1. The molecule has 158 valence electrons. The van der Waals surface area contributed by atoms with Gasteiger partial charge in [0.25, 0.3) is 0 Å². The summed E-state index contributed by atoms with van der Waals surface area (Å²) in [6, 6.07) is 9.23. The highest BCUT2D eigenvalue weighted by atomic mass is 19.4. The van der Waals surface area contributed by atoms with Gasteiger partial charge in [0.1, 0.15) is 5.75 Å². The van der Waals surface area contributed by atoms with Crippen LogP contribution in [-0.2, 0) is 13.0 Å². The summed E-state index contributed by atoms with van der Waals surface area (Å²) in [5.74, 6) is 1.36. The normalized spacial score (nSPS) is 11.9. The molecule has 0 spiro atoms. The fourth-order valence-electron chi connectivity index (χ4n) is 2.55. The molecule has 2 rings (SSSR count). The van der Waals surface area contributed by atoms with E-state index in [1.165, 1.54) is 12.3 Å². The lowest BCUT2D eigenvalue weighted by Crippen LogP contribution is -2.37. The first kappa shape index (κ1) is 22.3. The third kappa shape index (κ3) is 7.89. The summed E-state index contributed by atoms with van der Waals surface area (Å²) in [6.45, 7) is 1.64. The van der Waals surface area contributed by atoms with E-state index in [-0.39, 0.29) is 5.88 Å². The number of hydrogen-bond acceptors (Lipinski definition) is 4. The third-order valence-electron chi connectivity index (χ3n) is 4.05. The first-order valence-corrected chi connectivity index (χ1v) is 9.03. The minimum Gasteiger partial charge on any atom is -0.496 e. The summed E-state index contributed by atoms with van der Waals surface area (Å²) < 4.78 is 46.7. The number of pyridine rings is 1. The molecule has 0 radical (unpaired) electrons. The van der Waals surface area contributed by atoms with Crippen molar-refractivity contribution in [2.45, 2.75) is 26.1 Å². The number of aryl methyl sites for hydroxylation is 1. The molecule has 2 N–H and O–H groups in total. The number of nitrogens with one attached hydrogen (secondary N) is 2. The van der Waals surface area contributed by atoms with Crippen molar-refractivity contribution in [2.75, 3.05) is 27.3 Å². The lowest BCUT2D eigenvalue weighted by atomic mass is 10.1. The van der Waals surface area contributed by atoms with Crippen molar-refractivity contribution in [3.05, 3.63) is 53.2 Å². The predicted molar refractivity (Wildman–Crippen MR) is 105 cm³/mol. The van der Waals surface area contributed by atoms with Gasteiger partial charge in [0.15, 0.2) is 12.6 Å². The number of aromatic nitrogens is 1. The maximum Gasteiger partial charge on any atom is 0.422 e. The molecule has 0 saturated carbocycles. The Morgan fingerprint density at radius 3 is 2.62 bits per heavy atom. The minimum atomic E-state index is -4.40. The lowest BCUT2D eigenvalue weighted by Gasteiger charge is -2.13. The van der Waals surface area contributed by atoms with Crippen LogP contribution in [0.4, 0.5) is 13.2 Å². The average molecular weight is 410 g/mol. The van der Waals surface area contributed by atoms with E-state index in [1.807, 2.05) is 19.1 Å². The molecule has 1 heterocycles. The van der Waals surface area contributed by atoms with Crippen molar-refractivity contribution < 1.29 is 22.6 Å². The Morgan fingerprint density at radius 2 is 1.93 bits per heavy atom. The second-order valence-electron chi connectivity index (χ2n) is 6.31. The van der Waals surface area contributed by atoms with Crippen molar-refractivity contribution in [1.82, 2.24) is 15.6 Å². The van der Waals surface area contributed by atoms with E-state index in [4.69, 9.17) is 4.74 Å². The molecule has 9 heteroatoms. The molecule has 1 aromatic heterocycles. The summed E-state index contributed by atoms with van der Waals surface area (Å²) in [5.41, 5.74) is 2.94. The summed E-state index contributed by atoms with van der Waals surface area (Å²) >= 11 is 0. The van der Waals surface area contributed by atoms with E-state index in [2.05, 4.69) is 31.4 Å². The fraction of sp³-hybridized carbons (Fsp3) is 0.400. The van der Waals surface area contributed by atoms with Gasteiger partial charge >= 0.3 is 6.18 Å². The van der Waals surface area contributed by atoms with Crippen LogP contribution in [0.3, 0.4) is 0 Å². The number of ether oxygens (including phenoxy) is 2. The Bertz CT molecular complexity index is 826. The topological polar surface area (TPSA) is 67.8 Å². The molecular formula is C20H25F3N4O2. The first-order chi connectivity index (χ1) is 13.8. The van der Waals surface area contributed by atoms with Crippen LogP contribution in [0.1, 0.15) is 16.7 Å². The van der Waals surface area contributed by atoms with E-state index < -0.39 is 12.8 Å². The number of guanidine groups is 1. The third-order valence-corrected chi connectivity index (χ3v) is 4.05. The van der Waals surface area contributed by atoms with Gasteiger partial charge in [0.05, 0.1) is 7.11 Å². The number of alkyl halides is 3. The number of rotatable bonds is 8. The Balaban J connectivity index is 1.82. The molecule has 0 amide bonds. The molecular weight excluding hydrogens is 385 g/mol. The maximum absolute atomic E-state index is 12.2. The number of nitrogens with zero attached hydrogens (tertiary/aromatic N) is 2. The second-order valence-corrected chi connectivity index (χ2v) is 6.31. The Morgan fingerprint density at radius 1 is 1.14 bits per heavy atom. The zero-order valence-electron chi connectivity index (χ0n) is 16.6. The van der Waals surface area contributed by atoms with Crippen LogP contribution >= 0.6 is 0 Å². The monoisotopic (exact) mass is 410 g/mol. The van der Waals surface area contributed by atoms with E-state index >= 15 is 0 Å². The van der Waals surface area contributed by atoms with Gasteiger partial charge in [0, 0.05) is 32.4 Å². The van der Waals surface area contributed by atoms with Crippen LogP contribution in [0, 0.1) is 6.92 Å². The summed E-state index contributed by atoms with van der Waals surface area (Å²) in [6.07, 6.45) is -2.21. The summed E-state index contributed by atoms with van der Waals surface area (Å²) in [7, 11) is 3.30. The van der Waals surface area contributed by atoms with Gasteiger partial charge in [-0.1, -0.05) is 12.1 Å². The molecule has 0 unspecified atom stereocenters. The molecule has 0 aliphatic rings. The molecule has 0 saturated heterocycles. The summed E-state index contributed by atoms with van der Waals surface area (Å²) in [4.78, 5) is 7.93. The number of hydrogen-bond donors (Lipinski definition) is 2. The molecule has 0 bridgehead atoms. The van der Waals surface area contributed by atoms with Crippen molar-refractivity contribution in [3.8, 4) is 11.6 Å². The quantitative estimate of drug-likeness (QED) is 0.517. The van der Waals surface area contributed by atoms with Gasteiger partial charge in [-0.2, -0.15) is 13.2 Å². The Kier molecular flexibility index (Phi) is 8.11. The smallest absolute Gasteiger partial charge is 0.422 e. The van der Waals surface area contributed by atoms with Gasteiger partial charge in [-0.3, -0.25) is 4.99 Å². The molecule has 0 fully saturated rings. The highest BCUT2D eigenvalue weighted by Gasteiger charge is 2.28. The van der Waals surface area contributed by atoms with Crippen LogP contribution in [0.15, 0.2) is 41.5 Å². The number of methoxy groups -OCH3 is 1. The van der Waals surface area contributed by atoms with Gasteiger partial charge in [-0.15, -0.1) is 0 Å². The van der Waals surface area contributed by atoms with E-state index in [1.54, 1.807) is 20.2 Å². The molecule has 29 heavy (non-hydrogen) atoms. The van der Waals surface area contributed by atoms with Crippen molar-refractivity contribution >= 4 is 5.96 Å². The van der Waals surface area contributed by atoms with Crippen molar-refractivity contribution in [3.63, 3.8) is 0 Å². The standard InChI is InChI=1S/C20H25F3N4O2/c1-14-4-5-15(10-17(14)28-3)6-9-26-19(24-2)27-12-16-7-8-25-18(11-16)29-13-20(21,22)23/h4-5,7-8,10-11H,6,9,12-13H2,1-3H3,(H2,24,26,27). The number of aliphatic imine (C=N–C) groups is 1. The minimum absolute atomic E-state index is 0.0714. The highest BCUT2D eigenvalue weighted by molar-refractivity contribution is 5.79. The summed E-state index contributed by atoms with van der Waals surface area (Å²) in [5, 5.41) is 6.31. The van der Waals surface area contributed by atoms with Crippen LogP contribution in [0.5, 0.6) is 11.6 Å². The number of halogens is 3. The molecule has 2 aromatic rings. The molecule has 1 aromatic carbocycles. The van der Waals surface area contributed by atoms with Crippen LogP contribution < -0.4 is 20.1 Å². The average Bonchev–Trinajstić information content (AvgIpc) is 2.70. The van der Waals surface area contributed by atoms with Gasteiger partial charge in [-0.05, 0) is 42.2 Å². The van der Waals surface area contributed by atoms with Crippen LogP contribution in [0.2, 0.25) is 0 Å². The van der Waals surface area contributed by atoms with Crippen molar-refractivity contribution in [1.29, 1.82) is 0 Å². The Hall–Kier alpha value is -2.97. The molecule has 0 atom stereocenters. The van der Waals surface area contributed by atoms with E-state index in [9.17, 15) is 13.2 Å². The van der Waals surface area contributed by atoms with Crippen molar-refractivity contribution in [2.24, 2.45) is 4.99 Å². The van der Waals surface area contributed by atoms with E-state index in [0.29, 0.717) is 19.0 Å². The lowest BCUT2D eigenvalue weighted by molar-refractivity contribution is -0.154. The Labute approximate surface area is 168 Å². The SMILES string of the molecule is CN=C(NCCc1ccc(C)c(OC)c1)NCc1ccnc(OCC(F)(F)F)c1. The van der Waals surface area contributed by atoms with Crippen LogP contribution in [0.25, 0.3) is 0 Å². The van der Waals surface area contributed by atoms with Gasteiger partial charge in [0.2, 0.25) is 5.88 Å². The first-order valence-electron chi connectivity index (χ1n) is 9.03. The van der Waals surface area contributed by atoms with Crippen LogP contribution in [-0.4, -0.2) is 44.4 Å². The van der Waals surface area contributed by atoms with Gasteiger partial charge < -0.3 is 20.1 Å². The van der Waals surface area contributed by atoms with Gasteiger partial charge in [-0.25, -0.2) is 4.98 Å². The molecule has 0 aliphatic carbocycles. The largest absolute Gasteiger partial charge is 0.496 e. The zero-order chi connectivity index (χ0) is 21.3. The fourth-order valence-corrected chi connectivity index (χ4v) is 2.55. The predicted octanol–water partition coefficient (Wildman–Crippen LogP) is 3.25. The highest BCUT2D eigenvalue weighted by Crippen LogP contribution is 2.19. The van der Waals surface area contributed by atoms with E-state index in [0.717, 1.165) is 28.9 Å². The zero-order valence-corrected chi connectivity index (χ0v) is 16.6. The maximum atomic E-state index is 12.2. The second kappa shape index (κ2) is 10.5. The molecule has 6 nitrogen and oxygen atoms in total.